The minimum absolute atomic E-state index is 0.0394. The Kier molecular flexibility index (Phi) is 11.4. The molecule has 0 radical (unpaired) electrons. The van der Waals surface area contributed by atoms with Crippen molar-refractivity contribution in [1.82, 2.24) is 45.3 Å². The summed E-state index contributed by atoms with van der Waals surface area (Å²) in [5.74, 6) is 0.417. The first-order valence-electron chi connectivity index (χ1n) is 26.6. The Bertz CT molecular complexity index is 2980. The molecule has 5 aromatic rings. The summed E-state index contributed by atoms with van der Waals surface area (Å²) in [5.41, 5.74) is 11.4. The third-order valence-corrected chi connectivity index (χ3v) is 17.9. The number of benzene rings is 2. The molecule has 4 N–H and O–H groups in total. The van der Waals surface area contributed by atoms with Crippen LogP contribution in [0.2, 0.25) is 0 Å². The van der Waals surface area contributed by atoms with Gasteiger partial charge in [0.1, 0.15) is 34.6 Å². The van der Waals surface area contributed by atoms with Crippen molar-refractivity contribution in [2.75, 3.05) is 87.6 Å². The molecular formula is C55H65FN12O4. The highest BCUT2D eigenvalue weighted by molar-refractivity contribution is 6.05. The highest BCUT2D eigenvalue weighted by Gasteiger charge is 2.50. The molecule has 9 heterocycles. The number of ether oxygens (including phenoxy) is 1. The van der Waals surface area contributed by atoms with Crippen LogP contribution in [-0.2, 0) is 22.6 Å². The van der Waals surface area contributed by atoms with Crippen molar-refractivity contribution in [2.45, 2.75) is 102 Å². The second-order valence-corrected chi connectivity index (χ2v) is 22.7. The zero-order valence-electron chi connectivity index (χ0n) is 41.3. The first-order chi connectivity index (χ1) is 35.0. The van der Waals surface area contributed by atoms with Crippen LogP contribution in [0.3, 0.4) is 0 Å². The molecule has 8 aliphatic rings. The summed E-state index contributed by atoms with van der Waals surface area (Å²) < 4.78 is 23.8. The van der Waals surface area contributed by atoms with Crippen molar-refractivity contribution in [3.8, 4) is 17.4 Å². The normalized spacial score (nSPS) is 25.1. The fourth-order valence-corrected chi connectivity index (χ4v) is 13.7. The van der Waals surface area contributed by atoms with Crippen LogP contribution in [0.15, 0.2) is 48.7 Å². The number of carbonyl (C=O) groups is 3. The predicted molar refractivity (Wildman–Crippen MR) is 273 cm³/mol. The summed E-state index contributed by atoms with van der Waals surface area (Å²) in [6, 6.07) is 14.3. The SMILES string of the molecule is CCc1cccc2cc(N)nc(-c3ncc4c(N5CC6CCC(C5)N6)nc(OCC5(CN6CCC7(CC6)CC(CN6CCN(c8ccc9c(c8)CN([C@H]8CCC(=O)NC8=O)C9=O)CC6)C7)CC5)nc4c3F)c12. The molecule has 13 rings (SSSR count). The van der Waals surface area contributed by atoms with Gasteiger partial charge in [0.25, 0.3) is 5.91 Å². The van der Waals surface area contributed by atoms with E-state index >= 15 is 4.39 Å². The van der Waals surface area contributed by atoms with Gasteiger partial charge in [-0.3, -0.25) is 29.6 Å². The van der Waals surface area contributed by atoms with Crippen LogP contribution in [0.5, 0.6) is 6.01 Å². The average molecular weight is 977 g/mol. The molecule has 376 valence electrons. The number of halogens is 1. The summed E-state index contributed by atoms with van der Waals surface area (Å²) in [7, 11) is 0. The maximum atomic E-state index is 17.2. The molecule has 3 atom stereocenters. The molecule has 3 aromatic heterocycles. The Balaban J connectivity index is 0.622. The van der Waals surface area contributed by atoms with E-state index in [4.69, 9.17) is 25.4 Å². The van der Waals surface area contributed by atoms with E-state index in [2.05, 4.69) is 48.2 Å². The van der Waals surface area contributed by atoms with Gasteiger partial charge in [-0.2, -0.15) is 9.97 Å². The summed E-state index contributed by atoms with van der Waals surface area (Å²) in [6.45, 7) is 12.9. The van der Waals surface area contributed by atoms with Crippen LogP contribution in [0, 0.1) is 22.6 Å². The predicted octanol–water partition coefficient (Wildman–Crippen LogP) is 5.70. The number of aromatic nitrogens is 4. The summed E-state index contributed by atoms with van der Waals surface area (Å²) in [6.07, 6.45) is 12.6. The van der Waals surface area contributed by atoms with Crippen molar-refractivity contribution in [3.63, 3.8) is 0 Å². The number of anilines is 3. The molecule has 3 amide bonds. The van der Waals surface area contributed by atoms with Gasteiger partial charge in [-0.25, -0.2) is 9.37 Å². The second kappa shape index (κ2) is 17.9. The van der Waals surface area contributed by atoms with Crippen LogP contribution in [0.25, 0.3) is 33.1 Å². The van der Waals surface area contributed by atoms with E-state index in [0.29, 0.717) is 65.4 Å². The van der Waals surface area contributed by atoms with Gasteiger partial charge in [-0.1, -0.05) is 25.1 Å². The first-order valence-corrected chi connectivity index (χ1v) is 26.6. The van der Waals surface area contributed by atoms with Gasteiger partial charge in [-0.05, 0) is 129 Å². The Labute approximate surface area is 419 Å². The minimum atomic E-state index is -0.597. The summed E-state index contributed by atoms with van der Waals surface area (Å²) in [4.78, 5) is 68.4. The number of nitrogens with two attached hydrogens (primary N) is 1. The smallest absolute Gasteiger partial charge is 0.319 e. The molecule has 5 saturated heterocycles. The Morgan fingerprint density at radius 3 is 2.40 bits per heavy atom. The fourth-order valence-electron chi connectivity index (χ4n) is 13.7. The van der Waals surface area contributed by atoms with Crippen LogP contribution in [-0.4, -0.2) is 143 Å². The van der Waals surface area contributed by atoms with Crippen LogP contribution >= 0.6 is 0 Å². The molecular weight excluding hydrogens is 912 g/mol. The number of nitrogen functional groups attached to an aromatic ring is 1. The molecule has 17 heteroatoms. The number of fused-ring (bicyclic) bond motifs is 5. The summed E-state index contributed by atoms with van der Waals surface area (Å²) >= 11 is 0. The maximum absolute atomic E-state index is 17.2. The number of likely N-dealkylation sites (tertiary alicyclic amines) is 1. The molecule has 7 fully saturated rings. The van der Waals surface area contributed by atoms with Gasteiger partial charge in [0.05, 0.1) is 12.0 Å². The molecule has 2 bridgehead atoms. The van der Waals surface area contributed by atoms with Crippen molar-refractivity contribution in [3.05, 3.63) is 71.2 Å². The highest BCUT2D eigenvalue weighted by atomic mass is 19.1. The lowest BCUT2D eigenvalue weighted by atomic mass is 9.57. The molecule has 72 heavy (non-hydrogen) atoms. The second-order valence-electron chi connectivity index (χ2n) is 22.7. The number of nitrogens with one attached hydrogen (secondary N) is 2. The molecule has 2 unspecified atom stereocenters. The van der Waals surface area contributed by atoms with E-state index in [1.165, 1.54) is 25.7 Å². The van der Waals surface area contributed by atoms with E-state index in [-0.39, 0.29) is 46.8 Å². The standard InChI is InChI=1S/C55H65FN12O4/c1-2-34-4-3-5-35-23-43(57)60-48(45(34)35)49-46(56)47-41(26-58-49)50(67-29-37-6-7-38(30-67)59-37)63-53(62-47)72-32-55(12-13-55)31-65-16-14-54(15-17-65)24-33(25-54)27-64-18-20-66(21-19-64)39-8-9-40-36(22-39)28-68(52(40)71)42-10-11-44(69)61-51(42)70/h3-5,8-9,22-23,26,33,37-38,42,59H,2,6-7,10-21,24-25,27-32H2,1H3,(H2,57,60)(H,61,69,70)/t37?,38?,42-/m0/s1. The average Bonchev–Trinajstić information content (AvgIpc) is 3.95. The van der Waals surface area contributed by atoms with Crippen molar-refractivity contribution in [1.29, 1.82) is 0 Å². The van der Waals surface area contributed by atoms with Gasteiger partial charge in [-0.15, -0.1) is 0 Å². The lowest BCUT2D eigenvalue weighted by Crippen LogP contribution is -2.53. The van der Waals surface area contributed by atoms with Crippen LogP contribution in [0.4, 0.5) is 21.7 Å². The number of nitrogens with zero attached hydrogens (tertiary/aromatic N) is 9. The number of hydrogen-bond donors (Lipinski definition) is 3. The number of rotatable bonds is 12. The Morgan fingerprint density at radius 2 is 1.65 bits per heavy atom. The zero-order valence-corrected chi connectivity index (χ0v) is 41.3. The van der Waals surface area contributed by atoms with Gasteiger partial charge in [0, 0.05) is 106 Å². The van der Waals surface area contributed by atoms with E-state index in [1.54, 1.807) is 11.1 Å². The zero-order chi connectivity index (χ0) is 48.9. The minimum Gasteiger partial charge on any atom is -0.463 e. The Morgan fingerprint density at radius 1 is 0.861 bits per heavy atom. The van der Waals surface area contributed by atoms with E-state index < -0.39 is 11.9 Å². The third kappa shape index (κ3) is 8.38. The molecule has 1 spiro atoms. The molecule has 2 aromatic carbocycles. The third-order valence-electron chi connectivity index (χ3n) is 17.9. The fraction of sp³-hybridized carbons (Fsp3) is 0.545. The van der Waals surface area contributed by atoms with Gasteiger partial charge < -0.3 is 35.4 Å². The van der Waals surface area contributed by atoms with Crippen LogP contribution in [0.1, 0.15) is 92.6 Å². The number of amides is 3. The van der Waals surface area contributed by atoms with Crippen molar-refractivity contribution >= 4 is 56.7 Å². The number of hydrogen-bond acceptors (Lipinski definition) is 14. The molecule has 2 aliphatic carbocycles. The first kappa shape index (κ1) is 45.8. The largest absolute Gasteiger partial charge is 0.463 e. The molecule has 2 saturated carbocycles. The van der Waals surface area contributed by atoms with Gasteiger partial charge in [0.15, 0.2) is 5.82 Å². The Hall–Kier alpha value is -6.04. The number of carbonyl (C=O) groups excluding carboxylic acids is 3. The highest BCUT2D eigenvalue weighted by Crippen LogP contribution is 2.54. The van der Waals surface area contributed by atoms with E-state index in [0.717, 1.165) is 131 Å². The number of imide groups is 1. The lowest BCUT2D eigenvalue weighted by Gasteiger charge is -2.54. The van der Waals surface area contributed by atoms with E-state index in [9.17, 15) is 14.4 Å². The van der Waals surface area contributed by atoms with Crippen molar-refractivity contribution < 1.29 is 23.5 Å². The maximum Gasteiger partial charge on any atom is 0.319 e. The number of aryl methyl sites for hydroxylation is 1. The van der Waals surface area contributed by atoms with Crippen molar-refractivity contribution in [2.24, 2.45) is 16.7 Å². The van der Waals surface area contributed by atoms with Gasteiger partial charge in [0.2, 0.25) is 11.8 Å². The number of piperidine rings is 2. The number of pyridine rings is 2. The lowest BCUT2D eigenvalue weighted by molar-refractivity contribution is -0.136. The van der Waals surface area contributed by atoms with E-state index in [1.807, 2.05) is 36.4 Å². The summed E-state index contributed by atoms with van der Waals surface area (Å²) in [5, 5.41) is 8.44. The quantitative estimate of drug-likeness (QED) is 0.130. The number of piperazine rings is 2. The molecule has 6 aliphatic heterocycles. The van der Waals surface area contributed by atoms with Gasteiger partial charge >= 0.3 is 6.01 Å². The molecule has 16 nitrogen and oxygen atoms in total. The topological polar surface area (TPSA) is 178 Å². The van der Waals surface area contributed by atoms with Crippen LogP contribution < -0.4 is 30.9 Å². The monoisotopic (exact) mass is 977 g/mol.